The quantitative estimate of drug-likeness (QED) is 0.758. The Balaban J connectivity index is 2.78. The van der Waals surface area contributed by atoms with Crippen LogP contribution >= 0.6 is 15.9 Å². The average Bonchev–Trinajstić information content (AvgIpc) is 2.16. The topological polar surface area (TPSA) is 29.0 Å². The molecule has 70 valence electrons. The molecule has 0 aromatic carbocycles. The number of rotatable bonds is 4. The summed E-state index contributed by atoms with van der Waals surface area (Å²) in [7, 11) is 0. The maximum absolute atomic E-state index is 4.19. The number of nitrogens with zero attached hydrogens (tertiary/aromatic N) is 3. The van der Waals surface area contributed by atoms with Crippen molar-refractivity contribution >= 4 is 21.9 Å². The van der Waals surface area contributed by atoms with E-state index in [1.807, 2.05) is 11.0 Å². The van der Waals surface area contributed by atoms with Crippen LogP contribution in [0.15, 0.2) is 29.5 Å². The molecule has 3 nitrogen and oxygen atoms in total. The second-order valence-corrected chi connectivity index (χ2v) is 3.44. The fraction of sp³-hybridized carbons (Fsp3) is 0.333. The molecule has 0 fully saturated rings. The molecule has 1 heterocycles. The summed E-state index contributed by atoms with van der Waals surface area (Å²) in [5, 5.41) is 0. The van der Waals surface area contributed by atoms with E-state index in [4.69, 9.17) is 0 Å². The molecule has 4 heteroatoms. The van der Waals surface area contributed by atoms with E-state index in [2.05, 4.69) is 39.4 Å². The number of halogens is 1. The molecule has 1 aromatic heterocycles. The lowest BCUT2D eigenvalue weighted by Gasteiger charge is -2.17. The summed E-state index contributed by atoms with van der Waals surface area (Å²) in [6, 6.07) is 0. The van der Waals surface area contributed by atoms with Gasteiger partial charge in [-0.2, -0.15) is 0 Å². The Hall–Kier alpha value is -0.900. The summed E-state index contributed by atoms with van der Waals surface area (Å²) in [4.78, 5) is 10.4. The summed E-state index contributed by atoms with van der Waals surface area (Å²) in [6.45, 7) is 7.41. The van der Waals surface area contributed by atoms with Crippen LogP contribution in [0.1, 0.15) is 6.92 Å². The molecule has 0 aliphatic heterocycles. The van der Waals surface area contributed by atoms with Crippen molar-refractivity contribution in [3.63, 3.8) is 0 Å². The van der Waals surface area contributed by atoms with Crippen molar-refractivity contribution in [1.29, 1.82) is 0 Å². The Bertz CT molecular complexity index is 271. The highest BCUT2D eigenvalue weighted by Crippen LogP contribution is 2.10. The lowest BCUT2D eigenvalue weighted by Crippen LogP contribution is -2.24. The van der Waals surface area contributed by atoms with E-state index in [-0.39, 0.29) is 0 Å². The van der Waals surface area contributed by atoms with Gasteiger partial charge in [-0.25, -0.2) is 9.97 Å². The summed E-state index contributed by atoms with van der Waals surface area (Å²) in [6.07, 6.45) is 5.33. The van der Waals surface area contributed by atoms with Gasteiger partial charge in [-0.1, -0.05) is 6.08 Å². The number of likely N-dealkylation sites (N-methyl/N-ethyl adjacent to an activating group) is 1. The largest absolute Gasteiger partial charge is 0.337 e. The third-order valence-corrected chi connectivity index (χ3v) is 2.03. The SMILES string of the molecule is C=CCN(CC)c1ncc(Br)cn1. The summed E-state index contributed by atoms with van der Waals surface area (Å²) < 4.78 is 0.894. The second-order valence-electron chi connectivity index (χ2n) is 2.53. The van der Waals surface area contributed by atoms with Crippen LogP contribution in [0.5, 0.6) is 0 Å². The molecule has 0 amide bonds. The molecule has 1 aromatic rings. The maximum Gasteiger partial charge on any atom is 0.225 e. The minimum absolute atomic E-state index is 0.741. The van der Waals surface area contributed by atoms with Gasteiger partial charge in [0, 0.05) is 25.5 Å². The van der Waals surface area contributed by atoms with Crippen LogP contribution in [0.3, 0.4) is 0 Å². The van der Waals surface area contributed by atoms with E-state index in [1.165, 1.54) is 0 Å². The monoisotopic (exact) mass is 241 g/mol. The van der Waals surface area contributed by atoms with Gasteiger partial charge in [-0.3, -0.25) is 0 Å². The summed E-state index contributed by atoms with van der Waals surface area (Å²) in [5.74, 6) is 0.741. The van der Waals surface area contributed by atoms with Gasteiger partial charge in [0.15, 0.2) is 0 Å². The normalized spacial score (nSPS) is 9.69. The van der Waals surface area contributed by atoms with Crippen LogP contribution in [-0.2, 0) is 0 Å². The van der Waals surface area contributed by atoms with Crippen molar-refractivity contribution < 1.29 is 0 Å². The first kappa shape index (κ1) is 10.2. The van der Waals surface area contributed by atoms with Gasteiger partial charge >= 0.3 is 0 Å². The van der Waals surface area contributed by atoms with Crippen molar-refractivity contribution in [2.24, 2.45) is 0 Å². The fourth-order valence-corrected chi connectivity index (χ4v) is 1.18. The molecule has 0 aliphatic rings. The lowest BCUT2D eigenvalue weighted by molar-refractivity contribution is 0.851. The molecule has 1 rings (SSSR count). The van der Waals surface area contributed by atoms with Crippen molar-refractivity contribution in [3.8, 4) is 0 Å². The molecular weight excluding hydrogens is 230 g/mol. The molecule has 0 saturated heterocycles. The highest BCUT2D eigenvalue weighted by Gasteiger charge is 2.03. The number of aromatic nitrogens is 2. The van der Waals surface area contributed by atoms with Gasteiger partial charge in [0.1, 0.15) is 0 Å². The Morgan fingerprint density at radius 3 is 2.62 bits per heavy atom. The molecule has 0 saturated carbocycles. The third kappa shape index (κ3) is 2.81. The highest BCUT2D eigenvalue weighted by atomic mass is 79.9. The predicted octanol–water partition coefficient (Wildman–Crippen LogP) is 2.25. The van der Waals surface area contributed by atoms with Gasteiger partial charge in [-0.05, 0) is 22.9 Å². The highest BCUT2D eigenvalue weighted by molar-refractivity contribution is 9.10. The van der Waals surface area contributed by atoms with Crippen LogP contribution in [0, 0.1) is 0 Å². The molecule has 0 radical (unpaired) electrons. The molecule has 0 spiro atoms. The van der Waals surface area contributed by atoms with Gasteiger partial charge in [0.25, 0.3) is 0 Å². The predicted molar refractivity (Wildman–Crippen MR) is 57.8 cm³/mol. The Morgan fingerprint density at radius 1 is 1.54 bits per heavy atom. The van der Waals surface area contributed by atoms with E-state index in [0.29, 0.717) is 0 Å². The van der Waals surface area contributed by atoms with Crippen molar-refractivity contribution in [1.82, 2.24) is 9.97 Å². The van der Waals surface area contributed by atoms with Crippen molar-refractivity contribution in [3.05, 3.63) is 29.5 Å². The molecule has 0 aliphatic carbocycles. The lowest BCUT2D eigenvalue weighted by atomic mass is 10.5. The zero-order valence-corrected chi connectivity index (χ0v) is 9.16. The van der Waals surface area contributed by atoms with Crippen molar-refractivity contribution in [2.75, 3.05) is 18.0 Å². The van der Waals surface area contributed by atoms with E-state index in [1.54, 1.807) is 12.4 Å². The average molecular weight is 242 g/mol. The smallest absolute Gasteiger partial charge is 0.225 e. The molecule has 13 heavy (non-hydrogen) atoms. The first-order valence-corrected chi connectivity index (χ1v) is 4.90. The number of hydrogen-bond donors (Lipinski definition) is 0. The minimum Gasteiger partial charge on any atom is -0.337 e. The summed E-state index contributed by atoms with van der Waals surface area (Å²) in [5.41, 5.74) is 0. The molecule has 0 atom stereocenters. The Morgan fingerprint density at radius 2 is 2.15 bits per heavy atom. The van der Waals surface area contributed by atoms with Crippen LogP contribution in [0.4, 0.5) is 5.95 Å². The zero-order valence-electron chi connectivity index (χ0n) is 7.57. The van der Waals surface area contributed by atoms with Gasteiger partial charge in [-0.15, -0.1) is 6.58 Å². The molecule has 0 N–H and O–H groups in total. The third-order valence-electron chi connectivity index (χ3n) is 1.62. The zero-order chi connectivity index (χ0) is 9.68. The van der Waals surface area contributed by atoms with Crippen LogP contribution in [-0.4, -0.2) is 23.1 Å². The standard InChI is InChI=1S/C9H12BrN3/c1-3-5-13(4-2)9-11-6-8(10)7-12-9/h3,6-7H,1,4-5H2,2H3. The second kappa shape index (κ2) is 4.97. The summed E-state index contributed by atoms with van der Waals surface area (Å²) >= 11 is 3.29. The van der Waals surface area contributed by atoms with Crippen LogP contribution in [0.2, 0.25) is 0 Å². The van der Waals surface area contributed by atoms with E-state index < -0.39 is 0 Å². The first-order chi connectivity index (χ1) is 6.27. The number of hydrogen-bond acceptors (Lipinski definition) is 3. The van der Waals surface area contributed by atoms with Crippen molar-refractivity contribution in [2.45, 2.75) is 6.92 Å². The Kier molecular flexibility index (Phi) is 3.89. The minimum atomic E-state index is 0.741. The maximum atomic E-state index is 4.19. The van der Waals surface area contributed by atoms with Crippen LogP contribution < -0.4 is 4.90 Å². The first-order valence-electron chi connectivity index (χ1n) is 4.11. The fourth-order valence-electron chi connectivity index (χ4n) is 0.977. The van der Waals surface area contributed by atoms with Gasteiger partial charge < -0.3 is 4.90 Å². The van der Waals surface area contributed by atoms with Crippen LogP contribution in [0.25, 0.3) is 0 Å². The van der Waals surface area contributed by atoms with E-state index >= 15 is 0 Å². The molecular formula is C9H12BrN3. The van der Waals surface area contributed by atoms with Gasteiger partial charge in [0.05, 0.1) is 4.47 Å². The molecule has 0 bridgehead atoms. The Labute approximate surface area is 86.6 Å². The van der Waals surface area contributed by atoms with Gasteiger partial charge in [0.2, 0.25) is 5.95 Å². The molecule has 0 unspecified atom stereocenters. The van der Waals surface area contributed by atoms with E-state index in [0.717, 1.165) is 23.5 Å². The number of anilines is 1. The van der Waals surface area contributed by atoms with E-state index in [9.17, 15) is 0 Å².